The maximum absolute atomic E-state index is 14.2. The number of benzene rings is 1. The summed E-state index contributed by atoms with van der Waals surface area (Å²) >= 11 is 0. The van der Waals surface area contributed by atoms with Crippen molar-refractivity contribution in [1.29, 1.82) is 0 Å². The number of anilines is 1. The summed E-state index contributed by atoms with van der Waals surface area (Å²) in [6.45, 7) is 1.51. The molecule has 0 radical (unpaired) electrons. The van der Waals surface area contributed by atoms with Crippen molar-refractivity contribution in [3.05, 3.63) is 72.1 Å². The Morgan fingerprint density at radius 1 is 1.07 bits per heavy atom. The number of nitrogens with zero attached hydrogens (tertiary/aromatic N) is 4. The van der Waals surface area contributed by atoms with Crippen molar-refractivity contribution in [2.24, 2.45) is 0 Å². The number of methoxy groups -OCH3 is 1. The normalized spacial score (nSPS) is 13.5. The Hall–Kier alpha value is -4.84. The van der Waals surface area contributed by atoms with Crippen LogP contribution in [0.25, 0.3) is 27.9 Å². The summed E-state index contributed by atoms with van der Waals surface area (Å²) in [5.41, 5.74) is 3.51. The number of carboxylic acids is 1. The molecule has 3 N–H and O–H groups in total. The van der Waals surface area contributed by atoms with Crippen LogP contribution < -0.4 is 14.8 Å². The highest BCUT2D eigenvalue weighted by Gasteiger charge is 2.38. The van der Waals surface area contributed by atoms with E-state index in [1.165, 1.54) is 25.7 Å². The van der Waals surface area contributed by atoms with E-state index in [-0.39, 0.29) is 23.7 Å². The van der Waals surface area contributed by atoms with Gasteiger partial charge in [0.2, 0.25) is 5.88 Å². The summed E-state index contributed by atoms with van der Waals surface area (Å²) in [5, 5.41) is 10.4. The van der Waals surface area contributed by atoms with Gasteiger partial charge in [-0.25, -0.2) is 46.3 Å². The maximum Gasteiger partial charge on any atom is 0.490 e. The lowest BCUT2D eigenvalue weighted by Gasteiger charge is -2.15. The van der Waals surface area contributed by atoms with Crippen molar-refractivity contribution in [3.8, 4) is 17.1 Å². The molecule has 11 nitrogen and oxygen atoms in total. The first-order valence-corrected chi connectivity index (χ1v) is 13.7. The number of alkyl halides is 3. The van der Waals surface area contributed by atoms with Gasteiger partial charge >= 0.3 is 12.1 Å². The molecule has 5 rings (SSSR count). The average molecular weight is 643 g/mol. The van der Waals surface area contributed by atoms with E-state index in [0.29, 0.717) is 34.5 Å². The zero-order valence-electron chi connectivity index (χ0n) is 22.3. The van der Waals surface area contributed by atoms with Crippen molar-refractivity contribution >= 4 is 38.3 Å². The first-order valence-electron chi connectivity index (χ1n) is 12.2. The standard InChI is InChI=1S/C24H19F3N6O3S.C2HF3O2/c1-36-24-20(33-37(34,35)23-16(26)9-15(25)10-17(23)27)8-14(11-29-24)18-2-3-19-22(32-18)21(31-12-30-19)13-4-6-28-7-5-13;3-2(4,5)1(6)7/h2-4,8-12,28,33H,5-7H2,1H3;(H,6,7). The number of fused-ring (bicyclic) bond motifs is 1. The highest BCUT2D eigenvalue weighted by molar-refractivity contribution is 7.92. The summed E-state index contributed by atoms with van der Waals surface area (Å²) in [4.78, 5) is 25.1. The van der Waals surface area contributed by atoms with Crippen molar-refractivity contribution in [1.82, 2.24) is 25.3 Å². The molecule has 0 saturated heterocycles. The number of carbonyl (C=O) groups is 1. The molecule has 3 aromatic heterocycles. The molecule has 0 bridgehead atoms. The van der Waals surface area contributed by atoms with E-state index in [0.717, 1.165) is 18.5 Å². The summed E-state index contributed by atoms with van der Waals surface area (Å²) in [6.07, 6.45) is 0.605. The van der Waals surface area contributed by atoms with E-state index < -0.39 is 44.5 Å². The van der Waals surface area contributed by atoms with Gasteiger partial charge in [0, 0.05) is 30.4 Å². The van der Waals surface area contributed by atoms with E-state index in [2.05, 4.69) is 25.0 Å². The van der Waals surface area contributed by atoms with Gasteiger partial charge in [-0.3, -0.25) is 4.72 Å². The summed E-state index contributed by atoms with van der Waals surface area (Å²) < 4.78 is 106. The van der Waals surface area contributed by atoms with Gasteiger partial charge in [0.25, 0.3) is 10.0 Å². The Bertz CT molecular complexity index is 1850. The van der Waals surface area contributed by atoms with Crippen LogP contribution in [-0.4, -0.2) is 65.8 Å². The quantitative estimate of drug-likeness (QED) is 0.259. The van der Waals surface area contributed by atoms with Crippen molar-refractivity contribution in [2.75, 3.05) is 24.9 Å². The number of aliphatic carboxylic acids is 1. The van der Waals surface area contributed by atoms with E-state index in [1.54, 1.807) is 12.1 Å². The molecule has 1 aliphatic rings. The number of hydrogen-bond acceptors (Lipinski definition) is 9. The predicted octanol–water partition coefficient (Wildman–Crippen LogP) is 4.32. The lowest BCUT2D eigenvalue weighted by molar-refractivity contribution is -0.192. The molecular weight excluding hydrogens is 622 g/mol. The Morgan fingerprint density at radius 2 is 1.75 bits per heavy atom. The zero-order chi connectivity index (χ0) is 32.2. The summed E-state index contributed by atoms with van der Waals surface area (Å²) in [7, 11) is -3.57. The molecule has 0 aliphatic carbocycles. The number of pyridine rings is 2. The van der Waals surface area contributed by atoms with Gasteiger partial charge in [0.1, 0.15) is 35.0 Å². The van der Waals surface area contributed by atoms with Crippen LogP contribution in [0.1, 0.15) is 12.1 Å². The highest BCUT2D eigenvalue weighted by Crippen LogP contribution is 2.32. The molecule has 4 heterocycles. The van der Waals surface area contributed by atoms with Crippen LogP contribution in [0.2, 0.25) is 0 Å². The number of sulfonamides is 1. The lowest BCUT2D eigenvalue weighted by atomic mass is 10.0. The fourth-order valence-corrected chi connectivity index (χ4v) is 5.15. The highest BCUT2D eigenvalue weighted by atomic mass is 32.2. The van der Waals surface area contributed by atoms with Crippen LogP contribution in [0.15, 0.2) is 53.8 Å². The lowest BCUT2D eigenvalue weighted by Crippen LogP contribution is -2.21. The Labute approximate surface area is 244 Å². The van der Waals surface area contributed by atoms with Gasteiger partial charge in [-0.1, -0.05) is 6.08 Å². The second-order valence-corrected chi connectivity index (χ2v) is 10.5. The number of ether oxygens (including phenoxy) is 1. The van der Waals surface area contributed by atoms with Gasteiger partial charge in [0.15, 0.2) is 4.90 Å². The van der Waals surface area contributed by atoms with Crippen molar-refractivity contribution in [3.63, 3.8) is 0 Å². The van der Waals surface area contributed by atoms with Gasteiger partial charge < -0.3 is 15.2 Å². The van der Waals surface area contributed by atoms with Crippen LogP contribution in [0.4, 0.5) is 32.0 Å². The number of rotatable bonds is 6. The molecule has 1 aliphatic heterocycles. The number of carboxylic acid groups (broad SMARTS) is 1. The Morgan fingerprint density at radius 3 is 2.34 bits per heavy atom. The molecule has 0 saturated carbocycles. The van der Waals surface area contributed by atoms with E-state index >= 15 is 0 Å². The first-order chi connectivity index (χ1) is 20.7. The van der Waals surface area contributed by atoms with Gasteiger partial charge in [-0.05, 0) is 36.7 Å². The van der Waals surface area contributed by atoms with Crippen LogP contribution in [0.3, 0.4) is 0 Å². The molecule has 1 aromatic carbocycles. The van der Waals surface area contributed by atoms with Gasteiger partial charge in [0.05, 0.1) is 24.0 Å². The number of halogens is 6. The molecule has 0 fully saturated rings. The Kier molecular flexibility index (Phi) is 9.33. The minimum atomic E-state index is -5.08. The number of aromatic nitrogens is 4. The fourth-order valence-electron chi connectivity index (χ4n) is 3.98. The van der Waals surface area contributed by atoms with E-state index in [9.17, 15) is 34.8 Å². The molecule has 0 amide bonds. The van der Waals surface area contributed by atoms with E-state index in [1.807, 2.05) is 6.08 Å². The molecule has 0 atom stereocenters. The molecule has 0 spiro atoms. The summed E-state index contributed by atoms with van der Waals surface area (Å²) in [6, 6.07) is 5.35. The van der Waals surface area contributed by atoms with Gasteiger partial charge in [-0.2, -0.15) is 13.2 Å². The second kappa shape index (κ2) is 12.8. The zero-order valence-corrected chi connectivity index (χ0v) is 23.1. The third-order valence-corrected chi connectivity index (χ3v) is 7.32. The van der Waals surface area contributed by atoms with Gasteiger partial charge in [-0.15, -0.1) is 0 Å². The van der Waals surface area contributed by atoms with Crippen molar-refractivity contribution in [2.45, 2.75) is 17.5 Å². The second-order valence-electron chi connectivity index (χ2n) is 8.86. The molecule has 18 heteroatoms. The molecular formula is C26H20F6N6O5S. The Balaban J connectivity index is 0.000000566. The third kappa shape index (κ3) is 7.20. The van der Waals surface area contributed by atoms with Crippen LogP contribution in [0.5, 0.6) is 5.88 Å². The minimum absolute atomic E-state index is 0.153. The van der Waals surface area contributed by atoms with Crippen LogP contribution in [0, 0.1) is 17.5 Å². The topological polar surface area (TPSA) is 156 Å². The average Bonchev–Trinajstić information content (AvgIpc) is 2.96. The first kappa shape index (κ1) is 32.1. The monoisotopic (exact) mass is 642 g/mol. The maximum atomic E-state index is 14.2. The fraction of sp³-hybridized carbons (Fsp3) is 0.192. The molecule has 4 aromatic rings. The summed E-state index contributed by atoms with van der Waals surface area (Å²) in [5.74, 6) is -7.32. The number of hydrogen-bond donors (Lipinski definition) is 3. The minimum Gasteiger partial charge on any atom is -0.480 e. The third-order valence-electron chi connectivity index (χ3n) is 5.91. The number of nitrogens with one attached hydrogen (secondary N) is 2. The van der Waals surface area contributed by atoms with E-state index in [4.69, 9.17) is 19.6 Å². The largest absolute Gasteiger partial charge is 0.490 e. The van der Waals surface area contributed by atoms with Crippen molar-refractivity contribution < 1.29 is 49.4 Å². The predicted molar refractivity (Wildman–Crippen MR) is 143 cm³/mol. The molecule has 0 unspecified atom stereocenters. The molecule has 44 heavy (non-hydrogen) atoms. The SMILES string of the molecule is COc1ncc(-c2ccc3ncnc(C4=CCNCC4)c3n2)cc1NS(=O)(=O)c1c(F)cc(F)cc1F.O=C(O)C(F)(F)F. The molecule has 232 valence electrons. The van der Waals surface area contributed by atoms with Crippen LogP contribution >= 0.6 is 0 Å². The van der Waals surface area contributed by atoms with Crippen LogP contribution in [-0.2, 0) is 14.8 Å². The smallest absolute Gasteiger partial charge is 0.480 e.